The van der Waals surface area contributed by atoms with Gasteiger partial charge in [-0.15, -0.1) is 0 Å². The highest BCUT2D eigenvalue weighted by atomic mass is 16.2. The molecule has 4 N–H and O–H groups in total. The molecule has 1 saturated heterocycles. The highest BCUT2D eigenvalue weighted by Gasteiger charge is 2.19. The van der Waals surface area contributed by atoms with Crippen LogP contribution >= 0.6 is 0 Å². The zero-order valence-electron chi connectivity index (χ0n) is 15.4. The van der Waals surface area contributed by atoms with Crippen LogP contribution in [0.15, 0.2) is 42.6 Å². The molecule has 1 fully saturated rings. The number of hydrogen-bond acceptors (Lipinski definition) is 4. The second-order valence-corrected chi connectivity index (χ2v) is 6.77. The number of nitrogens with two attached hydrogens (primary N) is 1. The van der Waals surface area contributed by atoms with Crippen LogP contribution in [0.2, 0.25) is 0 Å². The standard InChI is InChI=1S/C20H25N5O2/c1-14-6-2-3-7-16(14)17(24-20(21)27)12-19(26)23-15-8-9-18(22-13-15)25-10-4-5-11-25/h2-3,6-9,13,17H,4-5,10-12H2,1H3,(H,23,26)(H3,21,24,27). The maximum absolute atomic E-state index is 12.5. The lowest BCUT2D eigenvalue weighted by Crippen LogP contribution is -2.35. The number of rotatable bonds is 6. The molecule has 1 aromatic heterocycles. The number of primary amides is 1. The van der Waals surface area contributed by atoms with Crippen molar-refractivity contribution in [3.63, 3.8) is 0 Å². The van der Waals surface area contributed by atoms with E-state index in [1.165, 1.54) is 12.8 Å². The largest absolute Gasteiger partial charge is 0.357 e. The van der Waals surface area contributed by atoms with Gasteiger partial charge in [0.05, 0.1) is 24.3 Å². The van der Waals surface area contributed by atoms with Gasteiger partial charge in [0, 0.05) is 13.1 Å². The summed E-state index contributed by atoms with van der Waals surface area (Å²) in [6.45, 7) is 3.98. The van der Waals surface area contributed by atoms with Gasteiger partial charge in [-0.1, -0.05) is 24.3 Å². The Hall–Kier alpha value is -3.09. The van der Waals surface area contributed by atoms with Crippen molar-refractivity contribution < 1.29 is 9.59 Å². The summed E-state index contributed by atoms with van der Waals surface area (Å²) in [5, 5.41) is 5.50. The highest BCUT2D eigenvalue weighted by Crippen LogP contribution is 2.22. The summed E-state index contributed by atoms with van der Waals surface area (Å²) in [6.07, 6.45) is 4.12. The third-order valence-corrected chi connectivity index (χ3v) is 4.73. The highest BCUT2D eigenvalue weighted by molar-refractivity contribution is 5.91. The Bertz CT molecular complexity index is 800. The molecule has 142 valence electrons. The first-order valence-electron chi connectivity index (χ1n) is 9.15. The zero-order valence-corrected chi connectivity index (χ0v) is 15.4. The number of pyridine rings is 1. The van der Waals surface area contributed by atoms with E-state index in [1.807, 2.05) is 43.3 Å². The van der Waals surface area contributed by atoms with E-state index in [4.69, 9.17) is 5.73 Å². The van der Waals surface area contributed by atoms with Crippen molar-refractivity contribution >= 4 is 23.4 Å². The minimum atomic E-state index is -0.660. The van der Waals surface area contributed by atoms with Gasteiger partial charge in [-0.2, -0.15) is 0 Å². The van der Waals surface area contributed by atoms with Crippen LogP contribution in [0.25, 0.3) is 0 Å². The molecular formula is C20H25N5O2. The maximum atomic E-state index is 12.5. The molecular weight excluding hydrogens is 342 g/mol. The van der Waals surface area contributed by atoms with Gasteiger partial charge in [-0.25, -0.2) is 9.78 Å². The van der Waals surface area contributed by atoms with Gasteiger partial charge < -0.3 is 21.3 Å². The molecule has 0 radical (unpaired) electrons. The molecule has 7 heteroatoms. The number of anilines is 2. The number of carbonyl (C=O) groups excluding carboxylic acids is 2. The van der Waals surface area contributed by atoms with Crippen molar-refractivity contribution in [2.45, 2.75) is 32.2 Å². The Morgan fingerprint density at radius 1 is 1.19 bits per heavy atom. The minimum absolute atomic E-state index is 0.0850. The number of carbonyl (C=O) groups is 2. The molecule has 0 spiro atoms. The molecule has 3 amide bonds. The lowest BCUT2D eigenvalue weighted by Gasteiger charge is -2.20. The van der Waals surface area contributed by atoms with Crippen LogP contribution in [0, 0.1) is 6.92 Å². The summed E-state index contributed by atoms with van der Waals surface area (Å²) in [5.74, 6) is 0.714. The predicted molar refractivity (Wildman–Crippen MR) is 106 cm³/mol. The van der Waals surface area contributed by atoms with E-state index < -0.39 is 12.1 Å². The molecule has 1 unspecified atom stereocenters. The second-order valence-electron chi connectivity index (χ2n) is 6.77. The van der Waals surface area contributed by atoms with Crippen molar-refractivity contribution in [3.05, 3.63) is 53.7 Å². The first-order valence-corrected chi connectivity index (χ1v) is 9.15. The summed E-state index contributed by atoms with van der Waals surface area (Å²) in [6, 6.07) is 10.2. The molecule has 2 heterocycles. The quantitative estimate of drug-likeness (QED) is 0.731. The summed E-state index contributed by atoms with van der Waals surface area (Å²) in [5.41, 5.74) is 7.78. The fourth-order valence-corrected chi connectivity index (χ4v) is 3.38. The smallest absolute Gasteiger partial charge is 0.312 e. The van der Waals surface area contributed by atoms with E-state index in [0.29, 0.717) is 5.69 Å². The number of amides is 3. The Labute approximate surface area is 159 Å². The van der Waals surface area contributed by atoms with E-state index in [1.54, 1.807) is 6.20 Å². The summed E-state index contributed by atoms with van der Waals surface area (Å²) in [7, 11) is 0. The number of nitrogens with zero attached hydrogens (tertiary/aromatic N) is 2. The molecule has 0 saturated carbocycles. The number of nitrogens with one attached hydrogen (secondary N) is 2. The first-order chi connectivity index (χ1) is 13.0. The Morgan fingerprint density at radius 3 is 2.56 bits per heavy atom. The van der Waals surface area contributed by atoms with Crippen LogP contribution < -0.4 is 21.3 Å². The lowest BCUT2D eigenvalue weighted by atomic mass is 9.98. The third-order valence-electron chi connectivity index (χ3n) is 4.73. The first kappa shape index (κ1) is 18.7. The Kier molecular flexibility index (Phi) is 5.90. The second kappa shape index (κ2) is 8.53. The molecule has 1 aliphatic heterocycles. The topological polar surface area (TPSA) is 100 Å². The maximum Gasteiger partial charge on any atom is 0.312 e. The van der Waals surface area contributed by atoms with Gasteiger partial charge >= 0.3 is 6.03 Å². The van der Waals surface area contributed by atoms with Crippen LogP contribution in [0.3, 0.4) is 0 Å². The number of aromatic nitrogens is 1. The summed E-state index contributed by atoms with van der Waals surface area (Å²) >= 11 is 0. The van der Waals surface area contributed by atoms with Gasteiger partial charge in [-0.05, 0) is 43.0 Å². The van der Waals surface area contributed by atoms with Crippen molar-refractivity contribution in [1.29, 1.82) is 0 Å². The fourth-order valence-electron chi connectivity index (χ4n) is 3.38. The molecule has 7 nitrogen and oxygen atoms in total. The average Bonchev–Trinajstić information content (AvgIpc) is 3.16. The Morgan fingerprint density at radius 2 is 1.93 bits per heavy atom. The van der Waals surface area contributed by atoms with Gasteiger partial charge in [0.25, 0.3) is 0 Å². The lowest BCUT2D eigenvalue weighted by molar-refractivity contribution is -0.116. The van der Waals surface area contributed by atoms with Gasteiger partial charge in [0.15, 0.2) is 0 Å². The van der Waals surface area contributed by atoms with Crippen LogP contribution in [0.4, 0.5) is 16.3 Å². The number of hydrogen-bond donors (Lipinski definition) is 3. The number of urea groups is 1. The monoisotopic (exact) mass is 367 g/mol. The normalized spacial score (nSPS) is 14.6. The molecule has 2 aromatic rings. The predicted octanol–water partition coefficient (Wildman–Crippen LogP) is 2.73. The molecule has 0 bridgehead atoms. The van der Waals surface area contributed by atoms with Gasteiger partial charge in [0.1, 0.15) is 5.82 Å². The van der Waals surface area contributed by atoms with E-state index in [0.717, 1.165) is 30.0 Å². The summed E-state index contributed by atoms with van der Waals surface area (Å²) < 4.78 is 0. The van der Waals surface area contributed by atoms with Crippen molar-refractivity contribution in [3.8, 4) is 0 Å². The van der Waals surface area contributed by atoms with Crippen LogP contribution in [0.1, 0.15) is 36.4 Å². The Balaban J connectivity index is 1.65. The zero-order chi connectivity index (χ0) is 19.2. The van der Waals surface area contributed by atoms with Gasteiger partial charge in [0.2, 0.25) is 5.91 Å². The molecule has 27 heavy (non-hydrogen) atoms. The van der Waals surface area contributed by atoms with Gasteiger partial charge in [-0.3, -0.25) is 4.79 Å². The average molecular weight is 367 g/mol. The molecule has 1 aliphatic rings. The third kappa shape index (κ3) is 4.97. The van der Waals surface area contributed by atoms with E-state index in [9.17, 15) is 9.59 Å². The minimum Gasteiger partial charge on any atom is -0.357 e. The van der Waals surface area contributed by atoms with Crippen molar-refractivity contribution in [2.24, 2.45) is 5.73 Å². The van der Waals surface area contributed by atoms with E-state index in [-0.39, 0.29) is 12.3 Å². The van der Waals surface area contributed by atoms with E-state index >= 15 is 0 Å². The fraction of sp³-hybridized carbons (Fsp3) is 0.350. The van der Waals surface area contributed by atoms with Crippen molar-refractivity contribution in [2.75, 3.05) is 23.3 Å². The van der Waals surface area contributed by atoms with Crippen LogP contribution in [-0.2, 0) is 4.79 Å². The van der Waals surface area contributed by atoms with Crippen molar-refractivity contribution in [1.82, 2.24) is 10.3 Å². The molecule has 0 aliphatic carbocycles. The van der Waals surface area contributed by atoms with E-state index in [2.05, 4.69) is 20.5 Å². The summed E-state index contributed by atoms with van der Waals surface area (Å²) in [4.78, 5) is 30.5. The van der Waals surface area contributed by atoms with Crippen LogP contribution in [0.5, 0.6) is 0 Å². The molecule has 3 rings (SSSR count). The molecule has 1 atom stereocenters. The number of aryl methyl sites for hydroxylation is 1. The molecule has 1 aromatic carbocycles. The number of benzene rings is 1. The van der Waals surface area contributed by atoms with Crippen LogP contribution in [-0.4, -0.2) is 30.0 Å². The SMILES string of the molecule is Cc1ccccc1C(CC(=O)Nc1ccc(N2CCCC2)nc1)NC(N)=O.